The Morgan fingerprint density at radius 3 is 2.24 bits per heavy atom. The monoisotopic (exact) mass is 494 g/mol. The van der Waals surface area contributed by atoms with E-state index in [0.29, 0.717) is 35.4 Å². The highest BCUT2D eigenvalue weighted by atomic mass is 16.6. The third kappa shape index (κ3) is 4.98. The summed E-state index contributed by atoms with van der Waals surface area (Å²) >= 11 is 0. The molecule has 3 aromatic carbocycles. The number of nitro groups is 1. The lowest BCUT2D eigenvalue weighted by Gasteiger charge is -2.36. The van der Waals surface area contributed by atoms with Crippen molar-refractivity contribution in [3.63, 3.8) is 0 Å². The molecule has 3 unspecified atom stereocenters. The van der Waals surface area contributed by atoms with Gasteiger partial charge in [0.15, 0.2) is 5.78 Å². The molecule has 0 radical (unpaired) electrons. The second kappa shape index (κ2) is 10.3. The molecular formula is C30H26N2O5. The zero-order valence-electron chi connectivity index (χ0n) is 20.4. The summed E-state index contributed by atoms with van der Waals surface area (Å²) < 4.78 is 5.70. The maximum atomic E-state index is 13.6. The number of benzene rings is 3. The lowest BCUT2D eigenvalue weighted by molar-refractivity contribution is -0.384. The minimum Gasteiger partial charge on any atom is -0.460 e. The molecule has 2 aliphatic rings. The number of nitro benzene ring substituents is 1. The molecule has 0 amide bonds. The van der Waals surface area contributed by atoms with E-state index in [0.717, 1.165) is 11.1 Å². The SMILES string of the molecule is CC1=NC2=C(C(=O)CC(c3ccccc3)C2)C(c2ccc([N+](=O)[O-])cc2)C1C(=O)OCc1ccccc1. The Labute approximate surface area is 214 Å². The molecule has 0 spiro atoms. The Hall–Kier alpha value is -4.39. The van der Waals surface area contributed by atoms with Gasteiger partial charge in [-0.1, -0.05) is 72.8 Å². The topological polar surface area (TPSA) is 98.9 Å². The number of Topliss-reactive ketones (excluding diaryl/α,β-unsaturated/α-hetero) is 1. The molecule has 5 rings (SSSR count). The van der Waals surface area contributed by atoms with E-state index in [1.165, 1.54) is 12.1 Å². The number of ether oxygens (including phenoxy) is 1. The molecule has 0 saturated heterocycles. The van der Waals surface area contributed by atoms with E-state index in [2.05, 4.69) is 0 Å². The normalized spacial score (nSPS) is 21.2. The molecule has 1 aliphatic heterocycles. The molecule has 0 fully saturated rings. The summed E-state index contributed by atoms with van der Waals surface area (Å²) in [7, 11) is 0. The summed E-state index contributed by atoms with van der Waals surface area (Å²) in [6.45, 7) is 1.89. The first kappa shape index (κ1) is 24.3. The fourth-order valence-electron chi connectivity index (χ4n) is 5.31. The van der Waals surface area contributed by atoms with E-state index in [4.69, 9.17) is 9.73 Å². The second-order valence-electron chi connectivity index (χ2n) is 9.45. The number of hydrogen-bond donors (Lipinski definition) is 0. The number of aliphatic imine (C=N–C) groups is 1. The van der Waals surface area contributed by atoms with Gasteiger partial charge in [0.25, 0.3) is 5.69 Å². The third-order valence-electron chi connectivity index (χ3n) is 7.10. The number of esters is 1. The average molecular weight is 495 g/mol. The van der Waals surface area contributed by atoms with Gasteiger partial charge in [-0.05, 0) is 36.0 Å². The van der Waals surface area contributed by atoms with E-state index in [1.54, 1.807) is 19.1 Å². The van der Waals surface area contributed by atoms with Gasteiger partial charge in [0.05, 0.1) is 4.92 Å². The van der Waals surface area contributed by atoms with Gasteiger partial charge in [0, 0.05) is 41.5 Å². The van der Waals surface area contributed by atoms with Gasteiger partial charge in [0.2, 0.25) is 0 Å². The molecule has 0 bridgehead atoms. The summed E-state index contributed by atoms with van der Waals surface area (Å²) in [6.07, 6.45) is 0.893. The zero-order chi connectivity index (χ0) is 25.9. The molecule has 1 aliphatic carbocycles. The number of nitrogens with zero attached hydrogens (tertiary/aromatic N) is 2. The van der Waals surface area contributed by atoms with Crippen molar-refractivity contribution >= 4 is 23.2 Å². The first-order valence-electron chi connectivity index (χ1n) is 12.2. The molecule has 7 nitrogen and oxygen atoms in total. The fourth-order valence-corrected chi connectivity index (χ4v) is 5.31. The number of carbonyl (C=O) groups excluding carboxylic acids is 2. The van der Waals surface area contributed by atoms with Crippen LogP contribution in [-0.2, 0) is 20.9 Å². The number of carbonyl (C=O) groups is 2. The van der Waals surface area contributed by atoms with Crippen LogP contribution in [0.25, 0.3) is 0 Å². The Kier molecular flexibility index (Phi) is 6.77. The van der Waals surface area contributed by atoms with Gasteiger partial charge in [-0.2, -0.15) is 0 Å². The highest BCUT2D eigenvalue weighted by Gasteiger charge is 2.44. The lowest BCUT2D eigenvalue weighted by Crippen LogP contribution is -2.38. The van der Waals surface area contributed by atoms with E-state index < -0.39 is 22.7 Å². The maximum absolute atomic E-state index is 13.6. The van der Waals surface area contributed by atoms with Gasteiger partial charge < -0.3 is 4.74 Å². The summed E-state index contributed by atoms with van der Waals surface area (Å²) in [4.78, 5) is 42.6. The number of allylic oxidation sites excluding steroid dienone is 2. The maximum Gasteiger partial charge on any atom is 0.315 e. The first-order chi connectivity index (χ1) is 17.9. The molecule has 0 aromatic heterocycles. The van der Waals surface area contributed by atoms with Gasteiger partial charge in [0.1, 0.15) is 12.5 Å². The van der Waals surface area contributed by atoms with Crippen LogP contribution < -0.4 is 0 Å². The van der Waals surface area contributed by atoms with Crippen LogP contribution in [0.15, 0.2) is 101 Å². The number of non-ortho nitro benzene ring substituents is 1. The molecule has 3 atom stereocenters. The molecule has 1 heterocycles. The van der Waals surface area contributed by atoms with Crippen LogP contribution in [0.4, 0.5) is 5.69 Å². The quantitative estimate of drug-likeness (QED) is 0.241. The average Bonchev–Trinajstić information content (AvgIpc) is 2.92. The molecule has 186 valence electrons. The molecule has 0 N–H and O–H groups in total. The first-order valence-corrected chi connectivity index (χ1v) is 12.2. The summed E-state index contributed by atoms with van der Waals surface area (Å²) in [6, 6.07) is 25.3. The van der Waals surface area contributed by atoms with Crippen molar-refractivity contribution in [1.82, 2.24) is 0 Å². The highest BCUT2D eigenvalue weighted by Crippen LogP contribution is 2.47. The van der Waals surface area contributed by atoms with E-state index in [9.17, 15) is 19.7 Å². The van der Waals surface area contributed by atoms with Gasteiger partial charge in [-0.3, -0.25) is 24.7 Å². The van der Waals surface area contributed by atoms with Crippen molar-refractivity contribution < 1.29 is 19.2 Å². The molecule has 37 heavy (non-hydrogen) atoms. The van der Waals surface area contributed by atoms with Crippen molar-refractivity contribution in [2.24, 2.45) is 10.9 Å². The van der Waals surface area contributed by atoms with Crippen LogP contribution in [-0.4, -0.2) is 22.4 Å². The lowest BCUT2D eigenvalue weighted by atomic mass is 9.69. The van der Waals surface area contributed by atoms with Crippen LogP contribution in [0.5, 0.6) is 0 Å². The van der Waals surface area contributed by atoms with Crippen molar-refractivity contribution in [2.45, 2.75) is 38.2 Å². The number of rotatable bonds is 6. The smallest absolute Gasteiger partial charge is 0.315 e. The standard InChI is InChI=1S/C30H26N2O5/c1-19-27(30(34)37-18-20-8-4-2-5-9-20)28(22-12-14-24(15-13-22)32(35)36)29-25(31-19)16-23(17-26(29)33)21-10-6-3-7-11-21/h2-15,23,27-28H,16-18H2,1H3. The van der Waals surface area contributed by atoms with Crippen LogP contribution in [0, 0.1) is 16.0 Å². The predicted octanol–water partition coefficient (Wildman–Crippen LogP) is 5.91. The van der Waals surface area contributed by atoms with Gasteiger partial charge >= 0.3 is 5.97 Å². The van der Waals surface area contributed by atoms with Gasteiger partial charge in [-0.15, -0.1) is 0 Å². The highest BCUT2D eigenvalue weighted by molar-refractivity contribution is 6.09. The van der Waals surface area contributed by atoms with Crippen LogP contribution in [0.1, 0.15) is 48.3 Å². The van der Waals surface area contributed by atoms with E-state index >= 15 is 0 Å². The third-order valence-corrected chi connectivity index (χ3v) is 7.10. The van der Waals surface area contributed by atoms with Crippen molar-refractivity contribution in [2.75, 3.05) is 0 Å². The molecular weight excluding hydrogens is 468 g/mol. The van der Waals surface area contributed by atoms with Crippen molar-refractivity contribution in [3.8, 4) is 0 Å². The minimum atomic E-state index is -0.804. The van der Waals surface area contributed by atoms with Crippen LogP contribution in [0.2, 0.25) is 0 Å². The predicted molar refractivity (Wildman–Crippen MR) is 139 cm³/mol. The van der Waals surface area contributed by atoms with Crippen LogP contribution >= 0.6 is 0 Å². The largest absolute Gasteiger partial charge is 0.460 e. The molecule has 7 heteroatoms. The molecule has 3 aromatic rings. The van der Waals surface area contributed by atoms with Crippen molar-refractivity contribution in [1.29, 1.82) is 0 Å². The number of hydrogen-bond acceptors (Lipinski definition) is 6. The van der Waals surface area contributed by atoms with Crippen molar-refractivity contribution in [3.05, 3.63) is 123 Å². The Morgan fingerprint density at radius 2 is 1.59 bits per heavy atom. The zero-order valence-corrected chi connectivity index (χ0v) is 20.4. The minimum absolute atomic E-state index is 0.00286. The second-order valence-corrected chi connectivity index (χ2v) is 9.45. The summed E-state index contributed by atoms with van der Waals surface area (Å²) in [5, 5.41) is 11.2. The fraction of sp³-hybridized carbons (Fsp3) is 0.233. The summed E-state index contributed by atoms with van der Waals surface area (Å²) in [5.74, 6) is -1.96. The number of ketones is 1. The van der Waals surface area contributed by atoms with Crippen LogP contribution in [0.3, 0.4) is 0 Å². The Morgan fingerprint density at radius 1 is 0.946 bits per heavy atom. The summed E-state index contributed by atoms with van der Waals surface area (Å²) in [5.41, 5.74) is 4.29. The van der Waals surface area contributed by atoms with Gasteiger partial charge in [-0.25, -0.2) is 0 Å². The molecule has 0 saturated carbocycles. The Balaban J connectivity index is 1.52. The van der Waals surface area contributed by atoms with E-state index in [1.807, 2.05) is 60.7 Å². The Bertz CT molecular complexity index is 1390. The van der Waals surface area contributed by atoms with E-state index in [-0.39, 0.29) is 24.0 Å².